The topological polar surface area (TPSA) is 78.9 Å². The second kappa shape index (κ2) is 5.85. The summed E-state index contributed by atoms with van der Waals surface area (Å²) in [5.74, 6) is -0.870. The van der Waals surface area contributed by atoms with Crippen molar-refractivity contribution in [3.8, 4) is 6.07 Å². The van der Waals surface area contributed by atoms with Crippen molar-refractivity contribution in [3.05, 3.63) is 65.0 Å². The molecule has 0 bridgehead atoms. The first-order valence-electron chi connectivity index (χ1n) is 5.92. The van der Waals surface area contributed by atoms with Crippen LogP contribution in [0.2, 0.25) is 0 Å². The van der Waals surface area contributed by atoms with Gasteiger partial charge in [-0.2, -0.15) is 5.26 Å². The summed E-state index contributed by atoms with van der Waals surface area (Å²) in [4.78, 5) is 11.9. The Kier molecular flexibility index (Phi) is 3.96. The SMILES string of the molecule is N#Cc1cccc(CNC(=O)c2ccc(F)cc2N)c1. The third-order valence-corrected chi connectivity index (χ3v) is 2.77. The zero-order chi connectivity index (χ0) is 14.5. The Morgan fingerprint density at radius 1 is 1.30 bits per heavy atom. The molecule has 0 saturated carbocycles. The van der Waals surface area contributed by atoms with Crippen LogP contribution >= 0.6 is 0 Å². The molecule has 0 atom stereocenters. The van der Waals surface area contributed by atoms with E-state index in [1.165, 1.54) is 12.1 Å². The predicted octanol–water partition coefficient (Wildman–Crippen LogP) is 2.21. The summed E-state index contributed by atoms with van der Waals surface area (Å²) in [6.45, 7) is 0.269. The summed E-state index contributed by atoms with van der Waals surface area (Å²) < 4.78 is 12.9. The van der Waals surface area contributed by atoms with Crippen LogP contribution in [0.3, 0.4) is 0 Å². The van der Waals surface area contributed by atoms with Crippen molar-refractivity contribution in [3.63, 3.8) is 0 Å². The van der Waals surface area contributed by atoms with Crippen LogP contribution in [0, 0.1) is 17.1 Å². The molecule has 0 unspecified atom stereocenters. The fourth-order valence-corrected chi connectivity index (χ4v) is 1.77. The van der Waals surface area contributed by atoms with Crippen LogP contribution in [0.15, 0.2) is 42.5 Å². The van der Waals surface area contributed by atoms with E-state index in [1.54, 1.807) is 24.3 Å². The lowest BCUT2D eigenvalue weighted by molar-refractivity contribution is 0.0952. The Hall–Kier alpha value is -2.87. The summed E-state index contributed by atoms with van der Waals surface area (Å²) in [5.41, 5.74) is 7.24. The third-order valence-electron chi connectivity index (χ3n) is 2.77. The highest BCUT2D eigenvalue weighted by molar-refractivity contribution is 5.99. The molecule has 2 aromatic rings. The van der Waals surface area contributed by atoms with E-state index in [0.29, 0.717) is 5.56 Å². The molecule has 0 aliphatic rings. The van der Waals surface area contributed by atoms with Crippen LogP contribution in [0.1, 0.15) is 21.5 Å². The van der Waals surface area contributed by atoms with Crippen LogP contribution in [0.4, 0.5) is 10.1 Å². The number of carbonyl (C=O) groups excluding carboxylic acids is 1. The van der Waals surface area contributed by atoms with Crippen LogP contribution in [0.25, 0.3) is 0 Å². The number of rotatable bonds is 3. The lowest BCUT2D eigenvalue weighted by Crippen LogP contribution is -2.23. The molecule has 0 aliphatic carbocycles. The van der Waals surface area contributed by atoms with Gasteiger partial charge >= 0.3 is 0 Å². The number of hydrogen-bond donors (Lipinski definition) is 2. The van der Waals surface area contributed by atoms with Crippen LogP contribution in [-0.4, -0.2) is 5.91 Å². The quantitative estimate of drug-likeness (QED) is 0.838. The molecule has 5 heteroatoms. The number of anilines is 1. The number of amides is 1. The summed E-state index contributed by atoms with van der Waals surface area (Å²) in [7, 11) is 0. The number of nitrogens with two attached hydrogens (primary N) is 1. The van der Waals surface area contributed by atoms with Gasteiger partial charge in [-0.1, -0.05) is 12.1 Å². The van der Waals surface area contributed by atoms with Gasteiger partial charge in [0.15, 0.2) is 0 Å². The average Bonchev–Trinajstić information content (AvgIpc) is 2.45. The van der Waals surface area contributed by atoms with Crippen molar-refractivity contribution < 1.29 is 9.18 Å². The minimum Gasteiger partial charge on any atom is -0.398 e. The Morgan fingerprint density at radius 3 is 2.80 bits per heavy atom. The molecule has 0 saturated heterocycles. The molecule has 0 aromatic heterocycles. The maximum absolute atomic E-state index is 12.9. The van der Waals surface area contributed by atoms with Crippen molar-refractivity contribution >= 4 is 11.6 Å². The smallest absolute Gasteiger partial charge is 0.253 e. The van der Waals surface area contributed by atoms with E-state index in [1.807, 2.05) is 6.07 Å². The van der Waals surface area contributed by atoms with Crippen molar-refractivity contribution in [2.75, 3.05) is 5.73 Å². The molecule has 0 fully saturated rings. The van der Waals surface area contributed by atoms with Crippen molar-refractivity contribution in [2.45, 2.75) is 6.54 Å². The van der Waals surface area contributed by atoms with E-state index < -0.39 is 5.82 Å². The summed E-state index contributed by atoms with van der Waals surface area (Å²) in [6, 6.07) is 12.6. The van der Waals surface area contributed by atoms with Gasteiger partial charge in [0.25, 0.3) is 5.91 Å². The highest BCUT2D eigenvalue weighted by Gasteiger charge is 2.10. The number of nitrogen functional groups attached to an aromatic ring is 1. The Bertz CT molecular complexity index is 692. The predicted molar refractivity (Wildman–Crippen MR) is 73.1 cm³/mol. The monoisotopic (exact) mass is 269 g/mol. The highest BCUT2D eigenvalue weighted by atomic mass is 19.1. The van der Waals surface area contributed by atoms with Gasteiger partial charge in [-0.05, 0) is 35.9 Å². The highest BCUT2D eigenvalue weighted by Crippen LogP contribution is 2.13. The van der Waals surface area contributed by atoms with E-state index in [4.69, 9.17) is 11.0 Å². The summed E-state index contributed by atoms with van der Waals surface area (Å²) >= 11 is 0. The molecule has 2 aromatic carbocycles. The van der Waals surface area contributed by atoms with Gasteiger partial charge in [-0.3, -0.25) is 4.79 Å². The van der Waals surface area contributed by atoms with E-state index >= 15 is 0 Å². The van der Waals surface area contributed by atoms with Crippen molar-refractivity contribution in [1.82, 2.24) is 5.32 Å². The molecule has 0 aliphatic heterocycles. The van der Waals surface area contributed by atoms with Crippen LogP contribution in [0.5, 0.6) is 0 Å². The number of carbonyl (C=O) groups is 1. The fourth-order valence-electron chi connectivity index (χ4n) is 1.77. The van der Waals surface area contributed by atoms with Gasteiger partial charge in [-0.15, -0.1) is 0 Å². The van der Waals surface area contributed by atoms with Crippen LogP contribution < -0.4 is 11.1 Å². The van der Waals surface area contributed by atoms with Gasteiger partial charge in [0.1, 0.15) is 5.82 Å². The molecule has 1 amide bonds. The van der Waals surface area contributed by atoms with E-state index in [0.717, 1.165) is 11.6 Å². The maximum Gasteiger partial charge on any atom is 0.253 e. The average molecular weight is 269 g/mol. The number of nitrogens with zero attached hydrogens (tertiary/aromatic N) is 1. The zero-order valence-corrected chi connectivity index (χ0v) is 10.6. The molecule has 2 rings (SSSR count). The van der Waals surface area contributed by atoms with E-state index in [2.05, 4.69) is 5.32 Å². The van der Waals surface area contributed by atoms with Gasteiger partial charge in [-0.25, -0.2) is 4.39 Å². The number of benzene rings is 2. The molecule has 100 valence electrons. The number of nitriles is 1. The Labute approximate surface area is 115 Å². The number of hydrogen-bond acceptors (Lipinski definition) is 3. The minimum atomic E-state index is -0.485. The molecule has 20 heavy (non-hydrogen) atoms. The van der Waals surface area contributed by atoms with E-state index in [-0.39, 0.29) is 23.7 Å². The Balaban J connectivity index is 2.07. The minimum absolute atomic E-state index is 0.0910. The molecular weight excluding hydrogens is 257 g/mol. The van der Waals surface area contributed by atoms with Gasteiger partial charge < -0.3 is 11.1 Å². The number of halogens is 1. The molecule has 0 heterocycles. The van der Waals surface area contributed by atoms with Gasteiger partial charge in [0.2, 0.25) is 0 Å². The second-order valence-electron chi connectivity index (χ2n) is 4.23. The molecule has 3 N–H and O–H groups in total. The number of nitrogens with one attached hydrogen (secondary N) is 1. The summed E-state index contributed by atoms with van der Waals surface area (Å²) in [5, 5.41) is 11.5. The lowest BCUT2D eigenvalue weighted by Gasteiger charge is -2.08. The van der Waals surface area contributed by atoms with Crippen LogP contribution in [-0.2, 0) is 6.54 Å². The first-order chi connectivity index (χ1) is 9.60. The largest absolute Gasteiger partial charge is 0.398 e. The first kappa shape index (κ1) is 13.6. The third kappa shape index (κ3) is 3.12. The standard InChI is InChI=1S/C15H12FN3O/c16-12-4-5-13(14(18)7-12)15(20)19-9-11-3-1-2-10(6-11)8-17/h1-7H,9,18H2,(H,19,20). The normalized spacial score (nSPS) is 9.80. The maximum atomic E-state index is 12.9. The molecular formula is C15H12FN3O. The molecule has 4 nitrogen and oxygen atoms in total. The van der Waals surface area contributed by atoms with Crippen molar-refractivity contribution in [1.29, 1.82) is 5.26 Å². The van der Waals surface area contributed by atoms with Crippen molar-refractivity contribution in [2.24, 2.45) is 0 Å². The second-order valence-corrected chi connectivity index (χ2v) is 4.23. The zero-order valence-electron chi connectivity index (χ0n) is 10.6. The molecule has 0 radical (unpaired) electrons. The first-order valence-corrected chi connectivity index (χ1v) is 5.92. The fraction of sp³-hybridized carbons (Fsp3) is 0.0667. The lowest BCUT2D eigenvalue weighted by atomic mass is 10.1. The van der Waals surface area contributed by atoms with Gasteiger partial charge in [0, 0.05) is 12.2 Å². The Morgan fingerprint density at radius 2 is 2.10 bits per heavy atom. The summed E-state index contributed by atoms with van der Waals surface area (Å²) in [6.07, 6.45) is 0. The molecule has 0 spiro atoms. The van der Waals surface area contributed by atoms with E-state index in [9.17, 15) is 9.18 Å². The van der Waals surface area contributed by atoms with Gasteiger partial charge in [0.05, 0.1) is 17.2 Å².